The molecule has 0 N–H and O–H groups in total. The summed E-state index contributed by atoms with van der Waals surface area (Å²) in [5.41, 5.74) is 4.65. The summed E-state index contributed by atoms with van der Waals surface area (Å²) in [7, 11) is 0. The number of hydrogen-bond donors (Lipinski definition) is 0. The number of Topliss-reactive ketones (excluding diaryl/α,β-unsaturated/α-hetero) is 1. The third-order valence-corrected chi connectivity index (χ3v) is 9.96. The summed E-state index contributed by atoms with van der Waals surface area (Å²) >= 11 is 14.9. The molecule has 1 saturated heterocycles. The number of likely N-dealkylation sites (tertiary alicyclic amines) is 1. The van der Waals surface area contributed by atoms with Crippen LogP contribution >= 0.6 is 23.2 Å². The van der Waals surface area contributed by atoms with Crippen LogP contribution < -0.4 is 0 Å². The largest absolute Gasteiger partial charge is 0.457 e. The molecule has 210 valence electrons. The van der Waals surface area contributed by atoms with Gasteiger partial charge in [0, 0.05) is 18.5 Å². The van der Waals surface area contributed by atoms with E-state index < -0.39 is 27.6 Å². The maximum absolute atomic E-state index is 13.8. The lowest BCUT2D eigenvalue weighted by atomic mass is 9.54. The van der Waals surface area contributed by atoms with Crippen LogP contribution in [0.15, 0.2) is 72.8 Å². The van der Waals surface area contributed by atoms with Crippen molar-refractivity contribution in [1.29, 1.82) is 0 Å². The van der Waals surface area contributed by atoms with Gasteiger partial charge >= 0.3 is 5.97 Å². The molecule has 2 atom stereocenters. The molecule has 2 bridgehead atoms. The number of amides is 2. The van der Waals surface area contributed by atoms with E-state index in [2.05, 4.69) is 0 Å². The average Bonchev–Trinajstić information content (AvgIpc) is 3.25. The van der Waals surface area contributed by atoms with Gasteiger partial charge in [0.15, 0.2) is 12.4 Å². The van der Waals surface area contributed by atoms with Crippen molar-refractivity contribution in [1.82, 2.24) is 4.90 Å². The summed E-state index contributed by atoms with van der Waals surface area (Å²) in [5.74, 6) is -2.93. The lowest BCUT2D eigenvalue weighted by Gasteiger charge is -2.54. The second-order valence-electron chi connectivity index (χ2n) is 11.1. The number of carbonyl (C=O) groups excluding carboxylic acids is 4. The fraction of sp³-hybridized carbons (Fsp3) is 0.333. The molecule has 0 unspecified atom stereocenters. The lowest BCUT2D eigenvalue weighted by molar-refractivity contribution is -0.143. The number of rotatable bonds is 9. The van der Waals surface area contributed by atoms with E-state index in [0.29, 0.717) is 24.8 Å². The minimum absolute atomic E-state index is 0.147. The Labute approximate surface area is 248 Å². The molecule has 7 rings (SSSR count). The number of hydrogen-bond acceptors (Lipinski definition) is 5. The van der Waals surface area contributed by atoms with Crippen molar-refractivity contribution in [2.75, 3.05) is 13.2 Å². The van der Waals surface area contributed by atoms with E-state index in [0.717, 1.165) is 27.8 Å². The zero-order chi connectivity index (χ0) is 28.9. The molecule has 4 aliphatic rings. The molecule has 3 aliphatic carbocycles. The predicted octanol–water partition coefficient (Wildman–Crippen LogP) is 5.87. The Bertz CT molecular complexity index is 1440. The van der Waals surface area contributed by atoms with Gasteiger partial charge in [0.25, 0.3) is 0 Å². The van der Waals surface area contributed by atoms with E-state index in [1.807, 2.05) is 67.6 Å². The van der Waals surface area contributed by atoms with Crippen LogP contribution in [-0.2, 0) is 28.9 Å². The summed E-state index contributed by atoms with van der Waals surface area (Å²) < 4.78 is 5.14. The highest BCUT2D eigenvalue weighted by atomic mass is 35.5. The van der Waals surface area contributed by atoms with E-state index in [4.69, 9.17) is 27.9 Å². The third kappa shape index (κ3) is 4.22. The number of nitrogens with zero attached hydrogens (tertiary/aromatic N) is 1. The molecule has 1 fully saturated rings. The smallest absolute Gasteiger partial charge is 0.306 e. The zero-order valence-corrected chi connectivity index (χ0v) is 24.1. The summed E-state index contributed by atoms with van der Waals surface area (Å²) in [6.07, 6.45) is 1.79. The molecule has 1 heterocycles. The van der Waals surface area contributed by atoms with Gasteiger partial charge in [0.2, 0.25) is 11.8 Å². The standard InChI is InChI=1S/C33H29Cl2NO5/c1-20-14-16-21(17-15-20)26(37)19-41-27(38)13-3-2-8-18-36-30(39)28-29(31(36)40)33(35)23-10-5-4-9-22(23)32(28,34)24-11-6-7-12-25(24)33/h4-7,9-12,14-17,28-29H,2-3,8,13,18-19H2,1H3/t28-,29-,32?,33?/m0/s1. The number of ketones is 1. The molecular weight excluding hydrogens is 561 g/mol. The minimum atomic E-state index is -1.18. The summed E-state index contributed by atoms with van der Waals surface area (Å²) in [6, 6.07) is 22.2. The van der Waals surface area contributed by atoms with Gasteiger partial charge in [-0.2, -0.15) is 0 Å². The van der Waals surface area contributed by atoms with Gasteiger partial charge in [0.05, 0.1) is 11.8 Å². The van der Waals surface area contributed by atoms with Gasteiger partial charge in [-0.1, -0.05) is 84.8 Å². The van der Waals surface area contributed by atoms with Crippen molar-refractivity contribution in [3.05, 3.63) is 106 Å². The lowest BCUT2D eigenvalue weighted by Crippen LogP contribution is -2.57. The van der Waals surface area contributed by atoms with E-state index >= 15 is 0 Å². The fourth-order valence-corrected chi connectivity index (χ4v) is 7.80. The van der Waals surface area contributed by atoms with Crippen molar-refractivity contribution in [3.63, 3.8) is 0 Å². The van der Waals surface area contributed by atoms with Crippen molar-refractivity contribution in [3.8, 4) is 0 Å². The molecule has 0 radical (unpaired) electrons. The van der Waals surface area contributed by atoms with Gasteiger partial charge in [-0.25, -0.2) is 0 Å². The van der Waals surface area contributed by atoms with E-state index in [-0.39, 0.29) is 37.2 Å². The monoisotopic (exact) mass is 589 g/mol. The maximum atomic E-state index is 13.8. The number of carbonyl (C=O) groups is 4. The normalized spacial score (nSPS) is 25.5. The second-order valence-corrected chi connectivity index (χ2v) is 12.3. The molecule has 3 aromatic rings. The van der Waals surface area contributed by atoms with Gasteiger partial charge in [-0.15, -0.1) is 23.2 Å². The number of esters is 1. The Hall–Kier alpha value is -3.48. The Morgan fingerprint density at radius 3 is 1.73 bits per heavy atom. The highest BCUT2D eigenvalue weighted by Gasteiger charge is 2.72. The van der Waals surface area contributed by atoms with E-state index in [9.17, 15) is 19.2 Å². The zero-order valence-electron chi connectivity index (χ0n) is 22.6. The average molecular weight is 591 g/mol. The van der Waals surface area contributed by atoms with Crippen molar-refractivity contribution in [2.45, 2.75) is 42.4 Å². The summed E-state index contributed by atoms with van der Waals surface area (Å²) in [5, 5.41) is 0. The van der Waals surface area contributed by atoms with Gasteiger partial charge < -0.3 is 4.74 Å². The third-order valence-electron chi connectivity index (χ3n) is 8.68. The first-order chi connectivity index (χ1) is 19.7. The molecule has 6 nitrogen and oxygen atoms in total. The first kappa shape index (κ1) is 27.7. The van der Waals surface area contributed by atoms with Crippen LogP contribution in [0, 0.1) is 18.8 Å². The molecule has 41 heavy (non-hydrogen) atoms. The Kier molecular flexibility index (Phi) is 7.03. The molecule has 1 aliphatic heterocycles. The number of benzene rings is 3. The Balaban J connectivity index is 1.08. The number of imide groups is 1. The first-order valence-corrected chi connectivity index (χ1v) is 14.6. The first-order valence-electron chi connectivity index (χ1n) is 13.9. The van der Waals surface area contributed by atoms with Crippen LogP contribution in [0.3, 0.4) is 0 Å². The quantitative estimate of drug-likeness (QED) is 0.102. The van der Waals surface area contributed by atoms with Crippen LogP contribution in [-0.4, -0.2) is 41.6 Å². The Morgan fingerprint density at radius 2 is 1.24 bits per heavy atom. The minimum Gasteiger partial charge on any atom is -0.457 e. The Morgan fingerprint density at radius 1 is 0.756 bits per heavy atom. The van der Waals surface area contributed by atoms with E-state index in [1.54, 1.807) is 12.1 Å². The number of ether oxygens (including phenoxy) is 1. The number of aryl methyl sites for hydroxylation is 1. The molecule has 0 spiro atoms. The summed E-state index contributed by atoms with van der Waals surface area (Å²) in [4.78, 5) is 51.0. The van der Waals surface area contributed by atoms with Crippen LogP contribution in [0.4, 0.5) is 0 Å². The van der Waals surface area contributed by atoms with Gasteiger partial charge in [0.1, 0.15) is 9.75 Å². The molecule has 8 heteroatoms. The van der Waals surface area contributed by atoms with Crippen molar-refractivity contribution in [2.24, 2.45) is 11.8 Å². The number of halogens is 2. The van der Waals surface area contributed by atoms with Gasteiger partial charge in [-0.05, 0) is 42.0 Å². The van der Waals surface area contributed by atoms with Crippen LogP contribution in [0.2, 0.25) is 0 Å². The van der Waals surface area contributed by atoms with Crippen LogP contribution in [0.1, 0.15) is 63.9 Å². The molecule has 3 aromatic carbocycles. The maximum Gasteiger partial charge on any atom is 0.306 e. The molecule has 0 aromatic heterocycles. The topological polar surface area (TPSA) is 80.8 Å². The SMILES string of the molecule is Cc1ccc(C(=O)COC(=O)CCCCCN2C(=O)[C@@H]3[C@@H](C2=O)C2(Cl)c4ccccc4C3(Cl)c3ccccc32)cc1. The second kappa shape index (κ2) is 10.4. The molecule has 2 amide bonds. The van der Waals surface area contributed by atoms with Crippen LogP contribution in [0.25, 0.3) is 0 Å². The number of alkyl halides is 2. The fourth-order valence-electron chi connectivity index (χ4n) is 6.70. The highest BCUT2D eigenvalue weighted by Crippen LogP contribution is 2.69. The highest BCUT2D eigenvalue weighted by molar-refractivity contribution is 6.36. The van der Waals surface area contributed by atoms with Gasteiger partial charge in [-0.3, -0.25) is 24.1 Å². The summed E-state index contributed by atoms with van der Waals surface area (Å²) in [6.45, 7) is 1.85. The number of unbranched alkanes of at least 4 members (excludes halogenated alkanes) is 2. The predicted molar refractivity (Wildman–Crippen MR) is 155 cm³/mol. The van der Waals surface area contributed by atoms with Crippen molar-refractivity contribution >= 4 is 46.8 Å². The molecular formula is C33H29Cl2NO5. The van der Waals surface area contributed by atoms with Crippen LogP contribution in [0.5, 0.6) is 0 Å². The molecule has 0 saturated carbocycles. The van der Waals surface area contributed by atoms with Crippen molar-refractivity contribution < 1.29 is 23.9 Å². The van der Waals surface area contributed by atoms with E-state index in [1.165, 1.54) is 4.90 Å².